The molecule has 0 bridgehead atoms. The lowest BCUT2D eigenvalue weighted by molar-refractivity contribution is -0.141. The Labute approximate surface area is 230 Å². The van der Waals surface area contributed by atoms with E-state index in [1.807, 2.05) is 0 Å². The number of alkyl halides is 2. The molecule has 0 saturated carbocycles. The van der Waals surface area contributed by atoms with Crippen LogP contribution in [-0.4, -0.2) is 67.0 Å². The number of aromatic nitrogens is 2. The normalized spacial score (nSPS) is 25.3. The Morgan fingerprint density at radius 3 is 2.38 bits per heavy atom. The van der Waals surface area contributed by atoms with E-state index in [2.05, 4.69) is 22.5 Å². The SMILES string of the molecule is CCCCCCCCCCCC1(C(=O)Nc2ccn([C@@H]3O[C@H](CO)[C@@H](O)C3(F)F)c(=O)n2)NC=CC=C1C(=O)O. The van der Waals surface area contributed by atoms with Crippen molar-refractivity contribution in [3.05, 3.63) is 46.7 Å². The molecule has 0 aliphatic carbocycles. The number of hydrogen-bond acceptors (Lipinski definition) is 8. The van der Waals surface area contributed by atoms with E-state index in [0.29, 0.717) is 11.0 Å². The van der Waals surface area contributed by atoms with Gasteiger partial charge in [-0.15, -0.1) is 0 Å². The Morgan fingerprint density at radius 2 is 1.80 bits per heavy atom. The number of amides is 1. The third kappa shape index (κ3) is 6.94. The number of nitrogens with zero attached hydrogens (tertiary/aromatic N) is 2. The summed E-state index contributed by atoms with van der Waals surface area (Å²) in [4.78, 5) is 41.8. The molecule has 0 radical (unpaired) electrons. The Morgan fingerprint density at radius 1 is 1.15 bits per heavy atom. The minimum atomic E-state index is -3.89. The van der Waals surface area contributed by atoms with Gasteiger partial charge in [0.2, 0.25) is 6.23 Å². The number of aliphatic hydroxyl groups is 2. The van der Waals surface area contributed by atoms with Crippen LogP contribution in [0, 0.1) is 0 Å². The van der Waals surface area contributed by atoms with Gasteiger partial charge in [0.05, 0.1) is 12.2 Å². The second-order valence-corrected chi connectivity index (χ2v) is 10.2. The summed E-state index contributed by atoms with van der Waals surface area (Å²) in [6.45, 7) is 1.28. The number of ether oxygens (including phenoxy) is 1. The number of rotatable bonds is 15. The lowest BCUT2D eigenvalue weighted by Crippen LogP contribution is -2.56. The fourth-order valence-electron chi connectivity index (χ4n) is 5.02. The van der Waals surface area contributed by atoms with E-state index in [-0.39, 0.29) is 17.8 Å². The number of unbranched alkanes of at least 4 members (excludes halogenated alkanes) is 8. The zero-order valence-corrected chi connectivity index (χ0v) is 22.5. The third-order valence-corrected chi connectivity index (χ3v) is 7.31. The number of aliphatic carboxylic acids is 1. The Kier molecular flexibility index (Phi) is 10.9. The van der Waals surface area contributed by atoms with Crippen molar-refractivity contribution in [3.63, 3.8) is 0 Å². The van der Waals surface area contributed by atoms with Gasteiger partial charge in [-0.1, -0.05) is 64.7 Å². The first-order valence-electron chi connectivity index (χ1n) is 13.7. The fraction of sp³-hybridized carbons (Fsp3) is 0.630. The van der Waals surface area contributed by atoms with Gasteiger partial charge in [-0.05, 0) is 30.8 Å². The topological polar surface area (TPSA) is 163 Å². The molecular weight excluding hydrogens is 530 g/mol. The molecule has 1 aromatic heterocycles. The molecular formula is C27H38F2N4O7. The summed E-state index contributed by atoms with van der Waals surface area (Å²) in [5.41, 5.74) is -3.02. The number of nitrogens with one attached hydrogen (secondary N) is 2. The van der Waals surface area contributed by atoms with Crippen molar-refractivity contribution >= 4 is 17.7 Å². The van der Waals surface area contributed by atoms with Crippen LogP contribution in [0.4, 0.5) is 14.6 Å². The van der Waals surface area contributed by atoms with Crippen molar-refractivity contribution in [2.24, 2.45) is 0 Å². The van der Waals surface area contributed by atoms with Crippen LogP contribution in [0.3, 0.4) is 0 Å². The van der Waals surface area contributed by atoms with Crippen molar-refractivity contribution in [1.29, 1.82) is 0 Å². The standard InChI is InChI=1S/C27H38F2N4O7/c1-2-3-4-5-6-7-8-9-10-14-26(18(22(36)37)12-11-15-30-26)23(38)31-20-13-16-33(25(39)32-20)24-27(28,29)21(35)19(17-34)40-24/h11-13,15-16,19,21,24,30,34-35H,2-10,14,17H2,1H3,(H,36,37)(H,31,32,38,39)/t19-,21-,24-,26?/m1/s1. The number of hydrogen-bond donors (Lipinski definition) is 5. The van der Waals surface area contributed by atoms with Crippen molar-refractivity contribution in [1.82, 2.24) is 14.9 Å². The number of halogens is 2. The van der Waals surface area contributed by atoms with Crippen LogP contribution in [0.1, 0.15) is 77.4 Å². The molecule has 3 rings (SSSR count). The Balaban J connectivity index is 1.71. The number of dihydropyridines is 1. The first-order chi connectivity index (χ1) is 19.1. The van der Waals surface area contributed by atoms with Crippen molar-refractivity contribution in [2.45, 2.75) is 101 Å². The summed E-state index contributed by atoms with van der Waals surface area (Å²) in [6.07, 6.45) is 8.49. The number of anilines is 1. The molecule has 0 spiro atoms. The van der Waals surface area contributed by atoms with Gasteiger partial charge < -0.3 is 30.7 Å². The van der Waals surface area contributed by atoms with E-state index in [4.69, 9.17) is 4.74 Å². The lowest BCUT2D eigenvalue weighted by atomic mass is 9.81. The Bertz CT molecular complexity index is 1160. The van der Waals surface area contributed by atoms with Crippen LogP contribution in [0.15, 0.2) is 41.0 Å². The van der Waals surface area contributed by atoms with Gasteiger partial charge in [-0.2, -0.15) is 13.8 Å². The number of carboxylic acids is 1. The molecule has 11 nitrogen and oxygen atoms in total. The fourth-order valence-corrected chi connectivity index (χ4v) is 5.02. The highest BCUT2D eigenvalue weighted by atomic mass is 19.3. The molecule has 40 heavy (non-hydrogen) atoms. The molecule has 2 aliphatic rings. The predicted molar refractivity (Wildman–Crippen MR) is 142 cm³/mol. The van der Waals surface area contributed by atoms with E-state index in [1.54, 1.807) is 0 Å². The van der Waals surface area contributed by atoms with Gasteiger partial charge in [-0.3, -0.25) is 9.36 Å². The average Bonchev–Trinajstić information content (AvgIpc) is 3.15. The summed E-state index contributed by atoms with van der Waals surface area (Å²) in [5.74, 6) is -6.22. The van der Waals surface area contributed by atoms with Crippen molar-refractivity contribution in [2.75, 3.05) is 11.9 Å². The van der Waals surface area contributed by atoms with Crippen molar-refractivity contribution in [3.8, 4) is 0 Å². The smallest absolute Gasteiger partial charge is 0.351 e. The maximum absolute atomic E-state index is 14.5. The Hall–Kier alpha value is -3.16. The van der Waals surface area contributed by atoms with E-state index in [1.165, 1.54) is 44.0 Å². The molecule has 3 heterocycles. The second-order valence-electron chi connectivity index (χ2n) is 10.2. The third-order valence-electron chi connectivity index (χ3n) is 7.31. The minimum Gasteiger partial charge on any atom is -0.478 e. The highest BCUT2D eigenvalue weighted by Gasteiger charge is 2.59. The number of aliphatic hydroxyl groups excluding tert-OH is 2. The van der Waals surface area contributed by atoms with Crippen LogP contribution in [-0.2, 0) is 14.3 Å². The monoisotopic (exact) mass is 568 g/mol. The van der Waals surface area contributed by atoms with Gasteiger partial charge in [-0.25, -0.2) is 9.59 Å². The van der Waals surface area contributed by atoms with Gasteiger partial charge in [0.1, 0.15) is 17.5 Å². The maximum atomic E-state index is 14.5. The number of carbonyl (C=O) groups is 2. The second kappa shape index (κ2) is 14.0. The molecule has 5 N–H and O–H groups in total. The van der Waals surface area contributed by atoms with Crippen LogP contribution in [0.5, 0.6) is 0 Å². The predicted octanol–water partition coefficient (Wildman–Crippen LogP) is 2.86. The summed E-state index contributed by atoms with van der Waals surface area (Å²) >= 11 is 0. The molecule has 0 aromatic carbocycles. The van der Waals surface area contributed by atoms with E-state index < -0.39 is 54.1 Å². The maximum Gasteiger partial charge on any atom is 0.351 e. The molecule has 13 heteroatoms. The minimum absolute atomic E-state index is 0.163. The number of allylic oxidation sites excluding steroid dienone is 2. The van der Waals surface area contributed by atoms with Crippen LogP contribution in [0.2, 0.25) is 0 Å². The van der Waals surface area contributed by atoms with Gasteiger partial charge >= 0.3 is 17.6 Å². The van der Waals surface area contributed by atoms with Crippen molar-refractivity contribution < 1.29 is 38.4 Å². The van der Waals surface area contributed by atoms with Gasteiger partial charge in [0.25, 0.3) is 5.91 Å². The van der Waals surface area contributed by atoms with Gasteiger partial charge in [0.15, 0.2) is 6.10 Å². The quantitative estimate of drug-likeness (QED) is 0.200. The van der Waals surface area contributed by atoms with Crippen LogP contribution in [0.25, 0.3) is 0 Å². The number of carbonyl (C=O) groups excluding carboxylic acids is 1. The summed E-state index contributed by atoms with van der Waals surface area (Å²) in [5, 5.41) is 34.1. The molecule has 4 atom stereocenters. The summed E-state index contributed by atoms with van der Waals surface area (Å²) < 4.78 is 34.4. The molecule has 2 aliphatic heterocycles. The molecule has 222 valence electrons. The molecule has 1 fully saturated rings. The highest BCUT2D eigenvalue weighted by molar-refractivity contribution is 6.07. The largest absolute Gasteiger partial charge is 0.478 e. The van der Waals surface area contributed by atoms with E-state index >= 15 is 0 Å². The molecule has 1 amide bonds. The molecule has 1 aromatic rings. The lowest BCUT2D eigenvalue weighted by Gasteiger charge is -2.35. The van der Waals surface area contributed by atoms with Crippen LogP contribution >= 0.6 is 0 Å². The molecule has 1 unspecified atom stereocenters. The van der Waals surface area contributed by atoms with Crippen LogP contribution < -0.4 is 16.3 Å². The summed E-state index contributed by atoms with van der Waals surface area (Å²) in [6, 6.07) is 1.09. The van der Waals surface area contributed by atoms with Gasteiger partial charge in [0, 0.05) is 6.20 Å². The first-order valence-corrected chi connectivity index (χ1v) is 13.7. The highest BCUT2D eigenvalue weighted by Crippen LogP contribution is 2.42. The van der Waals surface area contributed by atoms with E-state index in [9.17, 15) is 38.5 Å². The molecule has 1 saturated heterocycles. The zero-order chi connectivity index (χ0) is 29.3. The number of carboxylic acid groups (broad SMARTS) is 1. The average molecular weight is 569 g/mol. The summed E-state index contributed by atoms with van der Waals surface area (Å²) in [7, 11) is 0. The van der Waals surface area contributed by atoms with E-state index in [0.717, 1.165) is 37.9 Å². The zero-order valence-electron chi connectivity index (χ0n) is 22.5. The first kappa shape index (κ1) is 31.4.